The quantitative estimate of drug-likeness (QED) is 0.897. The van der Waals surface area contributed by atoms with Gasteiger partial charge in [-0.05, 0) is 48.3 Å². The minimum atomic E-state index is -3.56. The lowest BCUT2D eigenvalue weighted by Crippen LogP contribution is -2.43. The maximum Gasteiger partial charge on any atom is 0.233 e. The molecule has 0 aliphatic heterocycles. The van der Waals surface area contributed by atoms with Crippen molar-refractivity contribution in [3.8, 4) is 0 Å². The first-order valence-corrected chi connectivity index (χ1v) is 9.98. The Labute approximate surface area is 138 Å². The summed E-state index contributed by atoms with van der Waals surface area (Å²) in [5.74, 6) is 0.359. The van der Waals surface area contributed by atoms with Crippen LogP contribution in [0.5, 0.6) is 0 Å². The van der Waals surface area contributed by atoms with E-state index in [1.807, 2.05) is 12.1 Å². The molecule has 5 heteroatoms. The van der Waals surface area contributed by atoms with Gasteiger partial charge in [0.05, 0.1) is 11.2 Å². The number of Topliss-reactive ketones (excluding diaryl/α,β-unsaturated/α-hetero) is 1. The van der Waals surface area contributed by atoms with Crippen LogP contribution in [0.2, 0.25) is 0 Å². The summed E-state index contributed by atoms with van der Waals surface area (Å²) in [5.41, 5.74) is 0.784. The highest BCUT2D eigenvalue weighted by molar-refractivity contribution is 7.92. The second kappa shape index (κ2) is 5.33. The summed E-state index contributed by atoms with van der Waals surface area (Å²) >= 11 is 0. The Morgan fingerprint density at radius 3 is 2.35 bits per heavy atom. The van der Waals surface area contributed by atoms with Crippen molar-refractivity contribution in [3.05, 3.63) is 29.8 Å². The minimum absolute atomic E-state index is 0.0993. The predicted octanol–water partition coefficient (Wildman–Crippen LogP) is 3.39. The van der Waals surface area contributed by atoms with Gasteiger partial charge in [0.25, 0.3) is 0 Å². The zero-order valence-electron chi connectivity index (χ0n) is 14.1. The maximum atomic E-state index is 12.7. The molecule has 0 saturated heterocycles. The number of sulfonamides is 1. The van der Waals surface area contributed by atoms with E-state index in [9.17, 15) is 13.2 Å². The molecule has 2 aliphatic rings. The van der Waals surface area contributed by atoms with Crippen LogP contribution in [-0.4, -0.2) is 20.0 Å². The number of ketones is 1. The van der Waals surface area contributed by atoms with Gasteiger partial charge in [-0.15, -0.1) is 0 Å². The van der Waals surface area contributed by atoms with E-state index in [1.54, 1.807) is 12.1 Å². The number of aryl methyl sites for hydroxylation is 1. The van der Waals surface area contributed by atoms with Crippen LogP contribution in [0.15, 0.2) is 24.3 Å². The average Bonchev–Trinajstić information content (AvgIpc) is 2.81. The number of carbonyl (C=O) groups excluding carboxylic acids is 1. The van der Waals surface area contributed by atoms with Crippen LogP contribution in [0.4, 0.5) is 5.69 Å². The Balaban J connectivity index is 1.82. The van der Waals surface area contributed by atoms with E-state index in [0.717, 1.165) is 18.4 Å². The molecule has 2 aliphatic carbocycles. The molecule has 23 heavy (non-hydrogen) atoms. The predicted molar refractivity (Wildman–Crippen MR) is 91.8 cm³/mol. The molecule has 0 unspecified atom stereocenters. The standard InChI is InChI=1S/C18H25NO3S/c1-4-13-5-7-15(8-6-13)19-23(21,22)12-18-10-9-14(11-16(18)20)17(18,2)3/h5-8,14,19H,4,9-12H2,1-3H3/t14-,18-/m1/s1. The van der Waals surface area contributed by atoms with Gasteiger partial charge in [-0.1, -0.05) is 32.9 Å². The second-order valence-corrected chi connectivity index (χ2v) is 9.30. The largest absolute Gasteiger partial charge is 0.299 e. The molecule has 1 aromatic rings. The van der Waals surface area contributed by atoms with Crippen molar-refractivity contribution in [2.75, 3.05) is 10.5 Å². The number of anilines is 1. The van der Waals surface area contributed by atoms with E-state index in [1.165, 1.54) is 0 Å². The van der Waals surface area contributed by atoms with Crippen LogP contribution in [0.25, 0.3) is 0 Å². The zero-order valence-corrected chi connectivity index (χ0v) is 14.9. The van der Waals surface area contributed by atoms with E-state index in [0.29, 0.717) is 24.4 Å². The Kier molecular flexibility index (Phi) is 3.82. The molecule has 0 heterocycles. The van der Waals surface area contributed by atoms with Crippen LogP contribution >= 0.6 is 0 Å². The molecule has 0 aromatic heterocycles. The number of hydrogen-bond donors (Lipinski definition) is 1. The Morgan fingerprint density at radius 2 is 1.87 bits per heavy atom. The first-order valence-electron chi connectivity index (χ1n) is 8.33. The highest BCUT2D eigenvalue weighted by Gasteiger charge is 2.65. The van der Waals surface area contributed by atoms with Gasteiger partial charge in [0.2, 0.25) is 10.0 Å². The maximum absolute atomic E-state index is 12.7. The lowest BCUT2D eigenvalue weighted by atomic mass is 9.70. The van der Waals surface area contributed by atoms with Crippen molar-refractivity contribution in [3.63, 3.8) is 0 Å². The third-order valence-corrected chi connectivity index (χ3v) is 7.63. The number of benzene rings is 1. The van der Waals surface area contributed by atoms with Gasteiger partial charge in [0.1, 0.15) is 5.78 Å². The molecular formula is C18H25NO3S. The van der Waals surface area contributed by atoms with Gasteiger partial charge in [-0.3, -0.25) is 9.52 Å². The van der Waals surface area contributed by atoms with Crippen LogP contribution in [0.3, 0.4) is 0 Å². The summed E-state index contributed by atoms with van der Waals surface area (Å²) in [5, 5.41) is 0. The number of fused-ring (bicyclic) bond motifs is 2. The van der Waals surface area contributed by atoms with Crippen LogP contribution in [-0.2, 0) is 21.2 Å². The van der Waals surface area contributed by atoms with Crippen molar-refractivity contribution >= 4 is 21.5 Å². The first kappa shape index (κ1) is 16.5. The Morgan fingerprint density at radius 1 is 1.22 bits per heavy atom. The average molecular weight is 335 g/mol. The molecule has 2 saturated carbocycles. The Hall–Kier alpha value is -1.36. The third kappa shape index (κ3) is 2.59. The minimum Gasteiger partial charge on any atom is -0.299 e. The van der Waals surface area contributed by atoms with Crippen LogP contribution in [0, 0.1) is 16.7 Å². The van der Waals surface area contributed by atoms with Crippen LogP contribution in [0.1, 0.15) is 45.6 Å². The highest BCUT2D eigenvalue weighted by Crippen LogP contribution is 2.64. The van der Waals surface area contributed by atoms with Gasteiger partial charge < -0.3 is 0 Å². The summed E-state index contributed by atoms with van der Waals surface area (Å²) in [6, 6.07) is 7.42. The van der Waals surface area contributed by atoms with Crippen molar-refractivity contribution in [2.24, 2.45) is 16.7 Å². The van der Waals surface area contributed by atoms with Crippen molar-refractivity contribution in [1.82, 2.24) is 0 Å². The smallest absolute Gasteiger partial charge is 0.233 e. The van der Waals surface area contributed by atoms with E-state index in [2.05, 4.69) is 25.5 Å². The first-order chi connectivity index (χ1) is 10.7. The zero-order chi connectivity index (χ0) is 16.9. The normalized spacial score (nSPS) is 29.0. The fraction of sp³-hybridized carbons (Fsp3) is 0.611. The molecule has 1 aromatic carbocycles. The molecule has 0 spiro atoms. The summed E-state index contributed by atoms with van der Waals surface area (Å²) in [7, 11) is -3.56. The molecule has 3 rings (SSSR count). The SMILES string of the molecule is CCc1ccc(NS(=O)(=O)C[C@]23CC[C@H](CC2=O)C3(C)C)cc1. The van der Waals surface area contributed by atoms with Gasteiger partial charge >= 0.3 is 0 Å². The van der Waals surface area contributed by atoms with Gasteiger partial charge in [0.15, 0.2) is 0 Å². The van der Waals surface area contributed by atoms with E-state index < -0.39 is 15.4 Å². The summed E-state index contributed by atoms with van der Waals surface area (Å²) < 4.78 is 28.0. The van der Waals surface area contributed by atoms with Crippen molar-refractivity contribution in [1.29, 1.82) is 0 Å². The molecular weight excluding hydrogens is 310 g/mol. The number of nitrogens with one attached hydrogen (secondary N) is 1. The molecule has 0 amide bonds. The third-order valence-electron chi connectivity index (χ3n) is 6.21. The summed E-state index contributed by atoms with van der Waals surface area (Å²) in [4.78, 5) is 12.5. The molecule has 2 fully saturated rings. The molecule has 4 nitrogen and oxygen atoms in total. The topological polar surface area (TPSA) is 63.2 Å². The van der Waals surface area contributed by atoms with E-state index in [4.69, 9.17) is 0 Å². The monoisotopic (exact) mass is 335 g/mol. The lowest BCUT2D eigenvalue weighted by molar-refractivity contribution is -0.128. The number of rotatable bonds is 5. The lowest BCUT2D eigenvalue weighted by Gasteiger charge is -2.36. The molecule has 1 N–H and O–H groups in total. The number of carbonyl (C=O) groups is 1. The molecule has 2 atom stereocenters. The van der Waals surface area contributed by atoms with E-state index in [-0.39, 0.29) is 17.0 Å². The molecule has 126 valence electrons. The molecule has 2 bridgehead atoms. The van der Waals surface area contributed by atoms with E-state index >= 15 is 0 Å². The highest BCUT2D eigenvalue weighted by atomic mass is 32.2. The summed E-state index contributed by atoms with van der Waals surface area (Å²) in [6.07, 6.45) is 3.10. The molecule has 0 radical (unpaired) electrons. The van der Waals surface area contributed by atoms with Gasteiger partial charge in [-0.25, -0.2) is 8.42 Å². The fourth-order valence-corrected chi connectivity index (χ4v) is 6.35. The number of hydrogen-bond acceptors (Lipinski definition) is 3. The fourth-order valence-electron chi connectivity index (χ4n) is 4.46. The second-order valence-electron chi connectivity index (χ2n) is 7.58. The van der Waals surface area contributed by atoms with Gasteiger partial charge in [-0.2, -0.15) is 0 Å². The van der Waals surface area contributed by atoms with Crippen molar-refractivity contribution in [2.45, 2.75) is 46.5 Å². The summed E-state index contributed by atoms with van der Waals surface area (Å²) in [6.45, 7) is 6.17. The van der Waals surface area contributed by atoms with Crippen LogP contribution < -0.4 is 4.72 Å². The Bertz CT molecular complexity index is 721. The van der Waals surface area contributed by atoms with Crippen molar-refractivity contribution < 1.29 is 13.2 Å². The van der Waals surface area contributed by atoms with Gasteiger partial charge in [0, 0.05) is 12.1 Å².